The zero-order valence-electron chi connectivity index (χ0n) is 9.94. The number of hydrogen-bond donors (Lipinski definition) is 2. The van der Waals surface area contributed by atoms with Gasteiger partial charge in [0.25, 0.3) is 0 Å². The summed E-state index contributed by atoms with van der Waals surface area (Å²) in [6.45, 7) is 0.471. The molecule has 2 atom stereocenters. The van der Waals surface area contributed by atoms with Gasteiger partial charge in [0.05, 0.1) is 17.0 Å². The van der Waals surface area contributed by atoms with Gasteiger partial charge in [-0.05, 0) is 18.2 Å². The highest BCUT2D eigenvalue weighted by Gasteiger charge is 2.29. The maximum Gasteiger partial charge on any atom is 0.321 e. The molecule has 0 radical (unpaired) electrons. The van der Waals surface area contributed by atoms with Crippen molar-refractivity contribution in [2.75, 3.05) is 12.4 Å². The van der Waals surface area contributed by atoms with Crippen molar-refractivity contribution in [3.63, 3.8) is 0 Å². The molecule has 1 fully saturated rings. The van der Waals surface area contributed by atoms with Gasteiger partial charge in [0.15, 0.2) is 0 Å². The molecular weight excluding hydrogens is 309 g/mol. The average molecular weight is 322 g/mol. The molecule has 0 saturated carbocycles. The van der Waals surface area contributed by atoms with Gasteiger partial charge < -0.3 is 9.84 Å². The highest BCUT2D eigenvalue weighted by molar-refractivity contribution is 8.00. The van der Waals surface area contributed by atoms with Crippen molar-refractivity contribution in [2.45, 2.75) is 17.8 Å². The minimum Gasteiger partial charge on any atom is -0.492 e. The van der Waals surface area contributed by atoms with Crippen LogP contribution >= 0.6 is 35.0 Å². The van der Waals surface area contributed by atoms with E-state index in [1.165, 1.54) is 0 Å². The molecule has 104 valence electrons. The minimum atomic E-state index is -0.809. The predicted molar refractivity (Wildman–Crippen MR) is 77.4 cm³/mol. The second-order valence-electron chi connectivity index (χ2n) is 4.09. The summed E-state index contributed by atoms with van der Waals surface area (Å²) in [5, 5.41) is 13.0. The zero-order chi connectivity index (χ0) is 13.8. The Labute approximate surface area is 125 Å². The Hall–Kier alpha value is -0.620. The summed E-state index contributed by atoms with van der Waals surface area (Å²) >= 11 is 13.4. The van der Waals surface area contributed by atoms with Gasteiger partial charge in [-0.3, -0.25) is 10.1 Å². The van der Waals surface area contributed by atoms with E-state index in [-0.39, 0.29) is 5.37 Å². The molecule has 4 nitrogen and oxygen atoms in total. The number of rotatable bonds is 5. The fraction of sp³-hybridized carbons (Fsp3) is 0.417. The van der Waals surface area contributed by atoms with Gasteiger partial charge in [-0.2, -0.15) is 0 Å². The number of thioether (sulfide) groups is 1. The SMILES string of the molecule is O=C(O)C1CSC(CCOc2ccc(Cl)cc2Cl)N1. The van der Waals surface area contributed by atoms with Crippen LogP contribution in [0.4, 0.5) is 0 Å². The van der Waals surface area contributed by atoms with Crippen molar-refractivity contribution in [1.82, 2.24) is 5.32 Å². The van der Waals surface area contributed by atoms with Gasteiger partial charge in [-0.1, -0.05) is 23.2 Å². The van der Waals surface area contributed by atoms with Crippen LogP contribution in [0.2, 0.25) is 10.0 Å². The first-order valence-corrected chi connectivity index (χ1v) is 7.55. The third kappa shape index (κ3) is 4.18. The Morgan fingerprint density at radius 2 is 2.32 bits per heavy atom. The number of ether oxygens (including phenoxy) is 1. The van der Waals surface area contributed by atoms with E-state index >= 15 is 0 Å². The predicted octanol–water partition coefficient (Wildman–Crippen LogP) is 2.88. The molecule has 1 saturated heterocycles. The van der Waals surface area contributed by atoms with Crippen molar-refractivity contribution >= 4 is 40.9 Å². The second-order valence-corrected chi connectivity index (χ2v) is 6.17. The quantitative estimate of drug-likeness (QED) is 0.873. The van der Waals surface area contributed by atoms with E-state index < -0.39 is 12.0 Å². The fourth-order valence-corrected chi connectivity index (χ4v) is 3.36. The molecule has 1 aliphatic heterocycles. The molecular formula is C12H13Cl2NO3S. The van der Waals surface area contributed by atoms with Crippen LogP contribution in [-0.2, 0) is 4.79 Å². The molecule has 1 heterocycles. The molecule has 2 rings (SSSR count). The average Bonchev–Trinajstić information content (AvgIpc) is 2.81. The first-order valence-electron chi connectivity index (χ1n) is 5.74. The number of nitrogens with one attached hydrogen (secondary N) is 1. The summed E-state index contributed by atoms with van der Waals surface area (Å²) < 4.78 is 5.56. The minimum absolute atomic E-state index is 0.104. The number of halogens is 2. The molecule has 1 aromatic carbocycles. The molecule has 19 heavy (non-hydrogen) atoms. The van der Waals surface area contributed by atoms with Crippen LogP contribution in [0, 0.1) is 0 Å². The summed E-state index contributed by atoms with van der Waals surface area (Å²) in [5.74, 6) is 0.363. The molecule has 2 N–H and O–H groups in total. The second kappa shape index (κ2) is 6.70. The van der Waals surface area contributed by atoms with Gasteiger partial charge in [0, 0.05) is 17.2 Å². The number of carboxylic acid groups (broad SMARTS) is 1. The van der Waals surface area contributed by atoms with Crippen LogP contribution in [0.1, 0.15) is 6.42 Å². The Bertz CT molecular complexity index is 472. The lowest BCUT2D eigenvalue weighted by Crippen LogP contribution is -2.37. The Balaban J connectivity index is 1.77. The number of hydrogen-bond acceptors (Lipinski definition) is 4. The summed E-state index contributed by atoms with van der Waals surface area (Å²) in [7, 11) is 0. The van der Waals surface area contributed by atoms with E-state index in [1.807, 2.05) is 0 Å². The topological polar surface area (TPSA) is 58.6 Å². The molecule has 0 aromatic heterocycles. The van der Waals surface area contributed by atoms with Crippen molar-refractivity contribution in [3.05, 3.63) is 28.2 Å². The molecule has 0 spiro atoms. The molecule has 7 heteroatoms. The van der Waals surface area contributed by atoms with Crippen molar-refractivity contribution < 1.29 is 14.6 Å². The smallest absolute Gasteiger partial charge is 0.321 e. The van der Waals surface area contributed by atoms with Crippen molar-refractivity contribution in [1.29, 1.82) is 0 Å². The van der Waals surface area contributed by atoms with E-state index in [1.54, 1.807) is 30.0 Å². The van der Waals surface area contributed by atoms with Gasteiger partial charge >= 0.3 is 5.97 Å². The monoisotopic (exact) mass is 321 g/mol. The maximum absolute atomic E-state index is 10.8. The number of carbonyl (C=O) groups is 1. The molecule has 0 bridgehead atoms. The molecule has 1 aliphatic rings. The van der Waals surface area contributed by atoms with Crippen LogP contribution in [0.3, 0.4) is 0 Å². The van der Waals surface area contributed by atoms with Crippen LogP contribution in [0.25, 0.3) is 0 Å². The Morgan fingerprint density at radius 3 is 2.95 bits per heavy atom. The lowest BCUT2D eigenvalue weighted by molar-refractivity contribution is -0.138. The number of benzene rings is 1. The van der Waals surface area contributed by atoms with Crippen LogP contribution < -0.4 is 10.1 Å². The summed E-state index contributed by atoms with van der Waals surface area (Å²) in [5.41, 5.74) is 0. The lowest BCUT2D eigenvalue weighted by atomic mass is 10.3. The highest BCUT2D eigenvalue weighted by atomic mass is 35.5. The third-order valence-electron chi connectivity index (χ3n) is 2.68. The Kier molecular flexibility index (Phi) is 5.21. The van der Waals surface area contributed by atoms with Crippen molar-refractivity contribution in [3.8, 4) is 5.75 Å². The lowest BCUT2D eigenvalue weighted by Gasteiger charge is -2.12. The summed E-state index contributed by atoms with van der Waals surface area (Å²) in [6.07, 6.45) is 0.716. The van der Waals surface area contributed by atoms with Crippen LogP contribution in [-0.4, -0.2) is 34.9 Å². The van der Waals surface area contributed by atoms with E-state index in [9.17, 15) is 4.79 Å². The van der Waals surface area contributed by atoms with Crippen LogP contribution in [0.15, 0.2) is 18.2 Å². The fourth-order valence-electron chi connectivity index (χ4n) is 1.71. The standard InChI is InChI=1S/C12H13Cl2NO3S/c13-7-1-2-10(8(14)5-7)18-4-3-11-15-9(6-19-11)12(16)17/h1-2,5,9,11,15H,3-4,6H2,(H,16,17). The first-order chi connectivity index (χ1) is 9.06. The number of aliphatic carboxylic acids is 1. The maximum atomic E-state index is 10.8. The molecule has 0 amide bonds. The zero-order valence-corrected chi connectivity index (χ0v) is 12.3. The van der Waals surface area contributed by atoms with Gasteiger partial charge in [-0.15, -0.1) is 11.8 Å². The first kappa shape index (κ1) is 14.8. The van der Waals surface area contributed by atoms with E-state index in [0.29, 0.717) is 34.6 Å². The summed E-state index contributed by atoms with van der Waals surface area (Å²) in [6, 6.07) is 4.60. The van der Waals surface area contributed by atoms with Gasteiger partial charge in [0.2, 0.25) is 0 Å². The summed E-state index contributed by atoms with van der Waals surface area (Å²) in [4.78, 5) is 10.8. The normalized spacial score (nSPS) is 22.4. The highest BCUT2D eigenvalue weighted by Crippen LogP contribution is 2.28. The van der Waals surface area contributed by atoms with E-state index in [0.717, 1.165) is 0 Å². The number of carboxylic acids is 1. The largest absolute Gasteiger partial charge is 0.492 e. The van der Waals surface area contributed by atoms with Crippen molar-refractivity contribution in [2.24, 2.45) is 0 Å². The molecule has 2 unspecified atom stereocenters. The van der Waals surface area contributed by atoms with Gasteiger partial charge in [-0.25, -0.2) is 0 Å². The van der Waals surface area contributed by atoms with Gasteiger partial charge in [0.1, 0.15) is 11.8 Å². The van der Waals surface area contributed by atoms with Crippen LogP contribution in [0.5, 0.6) is 5.75 Å². The third-order valence-corrected chi connectivity index (χ3v) is 4.51. The van der Waals surface area contributed by atoms with E-state index in [4.69, 9.17) is 33.0 Å². The molecule has 0 aliphatic carbocycles. The molecule has 1 aromatic rings. The van der Waals surface area contributed by atoms with E-state index in [2.05, 4.69) is 5.32 Å². The Morgan fingerprint density at radius 1 is 1.53 bits per heavy atom.